The van der Waals surface area contributed by atoms with E-state index in [0.717, 1.165) is 21.9 Å². The van der Waals surface area contributed by atoms with Crippen LogP contribution in [0.1, 0.15) is 11.1 Å². The minimum absolute atomic E-state index is 0.216. The molecule has 1 heterocycles. The maximum atomic E-state index is 12.0. The van der Waals surface area contributed by atoms with Crippen molar-refractivity contribution in [3.05, 3.63) is 72.1 Å². The van der Waals surface area contributed by atoms with Crippen LogP contribution in [-0.2, 0) is 17.8 Å². The molecular formula is C19H18N4O2. The van der Waals surface area contributed by atoms with Gasteiger partial charge in [-0.05, 0) is 46.2 Å². The summed E-state index contributed by atoms with van der Waals surface area (Å²) in [6.07, 6.45) is 3.59. The lowest BCUT2D eigenvalue weighted by molar-refractivity contribution is -0.117. The van der Waals surface area contributed by atoms with Crippen molar-refractivity contribution in [2.75, 3.05) is 5.32 Å². The molecule has 1 aromatic heterocycles. The second-order valence-corrected chi connectivity index (χ2v) is 5.70. The number of carbonyl (C=O) groups is 2. The average Bonchev–Trinajstić information content (AvgIpc) is 2.60. The van der Waals surface area contributed by atoms with Crippen LogP contribution in [0.2, 0.25) is 0 Å². The SMILES string of the molecule is NC(=O)Cc1ccc2cc(NC(=O)NCc3ccncc3)ccc2c1. The number of urea groups is 1. The first kappa shape index (κ1) is 16.4. The van der Waals surface area contributed by atoms with Crippen LogP contribution in [0.4, 0.5) is 10.5 Å². The molecule has 0 fully saturated rings. The molecule has 0 aliphatic heterocycles. The molecule has 3 amide bonds. The van der Waals surface area contributed by atoms with Gasteiger partial charge < -0.3 is 16.4 Å². The number of anilines is 1. The highest BCUT2D eigenvalue weighted by molar-refractivity contribution is 5.94. The Morgan fingerprint density at radius 3 is 2.40 bits per heavy atom. The van der Waals surface area contributed by atoms with Crippen LogP contribution in [-0.4, -0.2) is 16.9 Å². The molecule has 0 bridgehead atoms. The van der Waals surface area contributed by atoms with E-state index in [-0.39, 0.29) is 18.4 Å². The first-order valence-electron chi connectivity index (χ1n) is 7.85. The van der Waals surface area contributed by atoms with Crippen molar-refractivity contribution < 1.29 is 9.59 Å². The lowest BCUT2D eigenvalue weighted by Crippen LogP contribution is -2.28. The lowest BCUT2D eigenvalue weighted by Gasteiger charge is -2.09. The van der Waals surface area contributed by atoms with Crippen LogP contribution >= 0.6 is 0 Å². The number of fused-ring (bicyclic) bond motifs is 1. The van der Waals surface area contributed by atoms with Gasteiger partial charge in [0.25, 0.3) is 0 Å². The number of amides is 3. The summed E-state index contributed by atoms with van der Waals surface area (Å²) in [6.45, 7) is 0.429. The number of nitrogens with zero attached hydrogens (tertiary/aromatic N) is 1. The summed E-state index contributed by atoms with van der Waals surface area (Å²) in [5.74, 6) is -0.358. The number of hydrogen-bond acceptors (Lipinski definition) is 3. The highest BCUT2D eigenvalue weighted by Gasteiger charge is 2.04. The maximum Gasteiger partial charge on any atom is 0.319 e. The molecule has 0 aliphatic rings. The van der Waals surface area contributed by atoms with Crippen LogP contribution in [0.5, 0.6) is 0 Å². The van der Waals surface area contributed by atoms with Crippen LogP contribution in [0.25, 0.3) is 10.8 Å². The van der Waals surface area contributed by atoms with E-state index in [0.29, 0.717) is 12.2 Å². The number of aromatic nitrogens is 1. The number of benzene rings is 2. The van der Waals surface area contributed by atoms with Gasteiger partial charge in [-0.15, -0.1) is 0 Å². The first-order chi connectivity index (χ1) is 12.1. The van der Waals surface area contributed by atoms with E-state index in [1.165, 1.54) is 0 Å². The van der Waals surface area contributed by atoms with Crippen LogP contribution < -0.4 is 16.4 Å². The van der Waals surface area contributed by atoms with Crippen LogP contribution in [0, 0.1) is 0 Å². The minimum atomic E-state index is -0.358. The Kier molecular flexibility index (Phi) is 4.89. The third kappa shape index (κ3) is 4.54. The quantitative estimate of drug-likeness (QED) is 0.669. The number of primary amides is 1. The van der Waals surface area contributed by atoms with Gasteiger partial charge in [-0.25, -0.2) is 4.79 Å². The van der Waals surface area contributed by atoms with Gasteiger partial charge >= 0.3 is 6.03 Å². The summed E-state index contributed by atoms with van der Waals surface area (Å²) in [6, 6.07) is 14.7. The molecule has 3 aromatic rings. The number of rotatable bonds is 5. The zero-order valence-corrected chi connectivity index (χ0v) is 13.5. The standard InChI is InChI=1S/C19H18N4O2/c20-18(24)10-14-1-2-16-11-17(4-3-15(16)9-14)23-19(25)22-12-13-5-7-21-8-6-13/h1-9,11H,10,12H2,(H2,20,24)(H2,22,23,25). The van der Waals surface area contributed by atoms with Gasteiger partial charge in [0.2, 0.25) is 5.91 Å². The Hall–Kier alpha value is -3.41. The summed E-state index contributed by atoms with van der Waals surface area (Å²) in [4.78, 5) is 27.0. The molecular weight excluding hydrogens is 316 g/mol. The maximum absolute atomic E-state index is 12.0. The molecule has 0 saturated heterocycles. The van der Waals surface area contributed by atoms with Gasteiger partial charge in [0.05, 0.1) is 6.42 Å². The van der Waals surface area contributed by atoms with Crippen molar-refractivity contribution in [3.63, 3.8) is 0 Å². The first-order valence-corrected chi connectivity index (χ1v) is 7.85. The average molecular weight is 334 g/mol. The molecule has 3 rings (SSSR count). The predicted octanol–water partition coefficient (Wildman–Crippen LogP) is 2.58. The molecule has 0 aliphatic carbocycles. The minimum Gasteiger partial charge on any atom is -0.369 e. The van der Waals surface area contributed by atoms with Crippen molar-refractivity contribution in [2.24, 2.45) is 5.73 Å². The number of nitrogens with two attached hydrogens (primary N) is 1. The predicted molar refractivity (Wildman–Crippen MR) is 96.9 cm³/mol. The Balaban J connectivity index is 1.65. The molecule has 4 N–H and O–H groups in total. The summed E-state index contributed by atoms with van der Waals surface area (Å²) >= 11 is 0. The van der Waals surface area contributed by atoms with Gasteiger partial charge in [0.15, 0.2) is 0 Å². The molecule has 0 atom stereocenters. The highest BCUT2D eigenvalue weighted by atomic mass is 16.2. The monoisotopic (exact) mass is 334 g/mol. The Morgan fingerprint density at radius 2 is 1.64 bits per heavy atom. The Labute approximate surface area is 145 Å². The van der Waals surface area contributed by atoms with Crippen LogP contribution in [0.15, 0.2) is 60.9 Å². The summed E-state index contributed by atoms with van der Waals surface area (Å²) in [5, 5.41) is 7.57. The van der Waals surface area contributed by atoms with E-state index in [4.69, 9.17) is 5.73 Å². The van der Waals surface area contributed by atoms with Crippen molar-refractivity contribution in [2.45, 2.75) is 13.0 Å². The number of nitrogens with one attached hydrogen (secondary N) is 2. The molecule has 126 valence electrons. The molecule has 0 radical (unpaired) electrons. The fourth-order valence-electron chi connectivity index (χ4n) is 2.54. The van der Waals surface area contributed by atoms with Crippen molar-refractivity contribution in [3.8, 4) is 0 Å². The fourth-order valence-corrected chi connectivity index (χ4v) is 2.54. The second kappa shape index (κ2) is 7.44. The zero-order valence-electron chi connectivity index (χ0n) is 13.5. The van der Waals surface area contributed by atoms with E-state index in [2.05, 4.69) is 15.6 Å². The Bertz CT molecular complexity index is 910. The number of pyridine rings is 1. The topological polar surface area (TPSA) is 97.1 Å². The van der Waals surface area contributed by atoms with Gasteiger partial charge in [0.1, 0.15) is 0 Å². The second-order valence-electron chi connectivity index (χ2n) is 5.70. The number of carbonyl (C=O) groups excluding carboxylic acids is 2. The van der Waals surface area contributed by atoms with Crippen LogP contribution in [0.3, 0.4) is 0 Å². The third-order valence-corrected chi connectivity index (χ3v) is 3.74. The normalized spacial score (nSPS) is 10.4. The smallest absolute Gasteiger partial charge is 0.319 e. The van der Waals surface area contributed by atoms with Crippen molar-refractivity contribution in [1.82, 2.24) is 10.3 Å². The van der Waals surface area contributed by atoms with E-state index in [1.54, 1.807) is 12.4 Å². The summed E-state index contributed by atoms with van der Waals surface area (Å²) < 4.78 is 0. The van der Waals surface area contributed by atoms with Gasteiger partial charge in [0, 0.05) is 24.6 Å². The molecule has 0 spiro atoms. The lowest BCUT2D eigenvalue weighted by atomic mass is 10.0. The summed E-state index contributed by atoms with van der Waals surface area (Å²) in [5.41, 5.74) is 7.77. The van der Waals surface area contributed by atoms with Crippen molar-refractivity contribution >= 4 is 28.4 Å². The van der Waals surface area contributed by atoms with E-state index < -0.39 is 0 Å². The zero-order chi connectivity index (χ0) is 17.6. The molecule has 6 nitrogen and oxygen atoms in total. The molecule has 0 unspecified atom stereocenters. The molecule has 6 heteroatoms. The summed E-state index contributed by atoms with van der Waals surface area (Å²) in [7, 11) is 0. The molecule has 0 saturated carbocycles. The van der Waals surface area contributed by atoms with E-state index >= 15 is 0 Å². The molecule has 25 heavy (non-hydrogen) atoms. The largest absolute Gasteiger partial charge is 0.369 e. The van der Waals surface area contributed by atoms with Crippen molar-refractivity contribution in [1.29, 1.82) is 0 Å². The molecule has 2 aromatic carbocycles. The highest BCUT2D eigenvalue weighted by Crippen LogP contribution is 2.21. The Morgan fingerprint density at radius 1 is 0.920 bits per heavy atom. The van der Waals surface area contributed by atoms with Gasteiger partial charge in [-0.2, -0.15) is 0 Å². The van der Waals surface area contributed by atoms with Gasteiger partial charge in [-0.3, -0.25) is 9.78 Å². The third-order valence-electron chi connectivity index (χ3n) is 3.74. The van der Waals surface area contributed by atoms with E-state index in [1.807, 2.05) is 48.5 Å². The van der Waals surface area contributed by atoms with E-state index in [9.17, 15) is 9.59 Å². The van der Waals surface area contributed by atoms with Gasteiger partial charge in [-0.1, -0.05) is 24.3 Å². The fraction of sp³-hybridized carbons (Fsp3) is 0.105. The number of hydrogen-bond donors (Lipinski definition) is 3.